The van der Waals surface area contributed by atoms with Crippen molar-refractivity contribution in [1.29, 1.82) is 0 Å². The van der Waals surface area contributed by atoms with Crippen LogP contribution in [0.4, 0.5) is 0 Å². The summed E-state index contributed by atoms with van der Waals surface area (Å²) in [7, 11) is 1.78. The van der Waals surface area contributed by atoms with Crippen LogP contribution in [0.1, 0.15) is 0 Å². The van der Waals surface area contributed by atoms with Gasteiger partial charge in [0.15, 0.2) is 0 Å². The molecule has 0 spiro atoms. The molecule has 0 amide bonds. The van der Waals surface area contributed by atoms with Crippen molar-refractivity contribution in [1.82, 2.24) is 9.55 Å². The zero-order chi connectivity index (χ0) is 13.9. The number of benzene rings is 2. The predicted molar refractivity (Wildman–Crippen MR) is 80.4 cm³/mol. The second-order valence-electron chi connectivity index (χ2n) is 4.58. The smallest absolute Gasteiger partial charge is 0.269 e. The van der Waals surface area contributed by atoms with Crippen molar-refractivity contribution in [3.63, 3.8) is 0 Å². The normalized spacial score (nSPS) is 10.4. The lowest BCUT2D eigenvalue weighted by Crippen LogP contribution is -2.19. The van der Waals surface area contributed by atoms with E-state index in [-0.39, 0.29) is 5.56 Å². The minimum Gasteiger partial charge on any atom is -0.308 e. The van der Waals surface area contributed by atoms with Gasteiger partial charge in [-0.3, -0.25) is 4.79 Å². The van der Waals surface area contributed by atoms with E-state index in [1.54, 1.807) is 11.6 Å². The summed E-state index contributed by atoms with van der Waals surface area (Å²) in [4.78, 5) is 16.2. The van der Waals surface area contributed by atoms with Gasteiger partial charge in [0, 0.05) is 18.2 Å². The van der Waals surface area contributed by atoms with E-state index in [1.165, 1.54) is 6.20 Å². The third-order valence-electron chi connectivity index (χ3n) is 3.29. The van der Waals surface area contributed by atoms with E-state index in [4.69, 9.17) is 0 Å². The van der Waals surface area contributed by atoms with Gasteiger partial charge >= 0.3 is 0 Å². The molecule has 20 heavy (non-hydrogen) atoms. The molecule has 3 rings (SSSR count). The molecule has 0 aliphatic carbocycles. The predicted octanol–water partition coefficient (Wildman–Crippen LogP) is 3.11. The molecule has 3 nitrogen and oxygen atoms in total. The van der Waals surface area contributed by atoms with Gasteiger partial charge in [0.05, 0.1) is 17.6 Å². The summed E-state index contributed by atoms with van der Waals surface area (Å²) in [5.74, 6) is 0. The zero-order valence-corrected chi connectivity index (χ0v) is 11.2. The van der Waals surface area contributed by atoms with E-state index in [1.807, 2.05) is 60.7 Å². The van der Waals surface area contributed by atoms with Crippen LogP contribution < -0.4 is 5.56 Å². The first-order valence-corrected chi connectivity index (χ1v) is 6.44. The molecule has 1 heterocycles. The first kappa shape index (κ1) is 12.4. The van der Waals surface area contributed by atoms with Gasteiger partial charge in [0.25, 0.3) is 5.56 Å². The Morgan fingerprint density at radius 1 is 0.850 bits per heavy atom. The Bertz CT molecular complexity index is 777. The third kappa shape index (κ3) is 2.14. The van der Waals surface area contributed by atoms with Gasteiger partial charge < -0.3 is 4.57 Å². The second-order valence-corrected chi connectivity index (χ2v) is 4.58. The van der Waals surface area contributed by atoms with Gasteiger partial charge in [0.1, 0.15) is 0 Å². The molecule has 0 N–H and O–H groups in total. The van der Waals surface area contributed by atoms with Crippen LogP contribution in [0, 0.1) is 0 Å². The Morgan fingerprint density at radius 3 is 2.00 bits per heavy atom. The van der Waals surface area contributed by atoms with E-state index in [9.17, 15) is 4.79 Å². The minimum atomic E-state index is -0.108. The molecule has 0 aliphatic heterocycles. The summed E-state index contributed by atoms with van der Waals surface area (Å²) in [6.07, 6.45) is 1.37. The fourth-order valence-corrected chi connectivity index (χ4v) is 2.27. The van der Waals surface area contributed by atoms with Gasteiger partial charge in [-0.1, -0.05) is 60.7 Å². The van der Waals surface area contributed by atoms with Crippen LogP contribution >= 0.6 is 0 Å². The van der Waals surface area contributed by atoms with E-state index in [0.717, 1.165) is 22.5 Å². The lowest BCUT2D eigenvalue weighted by Gasteiger charge is -2.13. The first-order valence-electron chi connectivity index (χ1n) is 6.44. The Hall–Kier alpha value is -2.68. The maximum Gasteiger partial charge on any atom is 0.269 e. The summed E-state index contributed by atoms with van der Waals surface area (Å²) in [6, 6.07) is 19.8. The van der Waals surface area contributed by atoms with Crippen molar-refractivity contribution >= 4 is 0 Å². The molecule has 1 aromatic heterocycles. The van der Waals surface area contributed by atoms with E-state index >= 15 is 0 Å². The van der Waals surface area contributed by atoms with Crippen LogP contribution in [0.5, 0.6) is 0 Å². The molecule has 98 valence electrons. The topological polar surface area (TPSA) is 34.9 Å². The summed E-state index contributed by atoms with van der Waals surface area (Å²) in [6.45, 7) is 0. The maximum atomic E-state index is 11.9. The van der Waals surface area contributed by atoms with Crippen LogP contribution in [0.2, 0.25) is 0 Å². The molecule has 2 aromatic carbocycles. The summed E-state index contributed by atoms with van der Waals surface area (Å²) in [5.41, 5.74) is 3.53. The van der Waals surface area contributed by atoms with Crippen molar-refractivity contribution in [2.45, 2.75) is 0 Å². The monoisotopic (exact) mass is 262 g/mol. The average molecular weight is 262 g/mol. The highest BCUT2D eigenvalue weighted by atomic mass is 16.1. The van der Waals surface area contributed by atoms with Crippen molar-refractivity contribution in [2.24, 2.45) is 7.05 Å². The van der Waals surface area contributed by atoms with Gasteiger partial charge in [-0.2, -0.15) is 0 Å². The Morgan fingerprint density at radius 2 is 1.40 bits per heavy atom. The Balaban J connectivity index is 2.32. The van der Waals surface area contributed by atoms with E-state index in [2.05, 4.69) is 4.98 Å². The third-order valence-corrected chi connectivity index (χ3v) is 3.29. The number of rotatable bonds is 2. The lowest BCUT2D eigenvalue weighted by molar-refractivity contribution is 0.854. The highest BCUT2D eigenvalue weighted by Gasteiger charge is 2.12. The molecular formula is C17H14N2O. The highest BCUT2D eigenvalue weighted by Crippen LogP contribution is 2.28. The number of hydrogen-bond acceptors (Lipinski definition) is 2. The molecule has 3 aromatic rings. The molecule has 0 bridgehead atoms. The van der Waals surface area contributed by atoms with Crippen molar-refractivity contribution in [3.05, 3.63) is 77.2 Å². The molecule has 0 atom stereocenters. The Labute approximate surface area is 117 Å². The molecular weight excluding hydrogens is 248 g/mol. The Kier molecular flexibility index (Phi) is 3.17. The maximum absolute atomic E-state index is 11.9. The summed E-state index contributed by atoms with van der Waals surface area (Å²) in [5, 5.41) is 0. The second kappa shape index (κ2) is 5.13. The average Bonchev–Trinajstić information content (AvgIpc) is 2.51. The quantitative estimate of drug-likeness (QED) is 0.711. The standard InChI is InChI=1S/C17H14N2O/c1-19-15(20)12-18-16(13-8-4-2-5-9-13)17(19)14-10-6-3-7-11-14/h2-12H,1H3. The molecule has 0 saturated heterocycles. The number of aromatic nitrogens is 2. The lowest BCUT2D eigenvalue weighted by atomic mass is 10.0. The largest absolute Gasteiger partial charge is 0.308 e. The van der Waals surface area contributed by atoms with Gasteiger partial charge in [-0.25, -0.2) is 4.98 Å². The van der Waals surface area contributed by atoms with Crippen LogP contribution in [0.25, 0.3) is 22.5 Å². The fourth-order valence-electron chi connectivity index (χ4n) is 2.27. The van der Waals surface area contributed by atoms with E-state index < -0.39 is 0 Å². The van der Waals surface area contributed by atoms with Crippen molar-refractivity contribution < 1.29 is 0 Å². The number of hydrogen-bond donors (Lipinski definition) is 0. The molecule has 0 radical (unpaired) electrons. The van der Waals surface area contributed by atoms with Gasteiger partial charge in [-0.05, 0) is 0 Å². The number of nitrogens with zero attached hydrogens (tertiary/aromatic N) is 2. The minimum absolute atomic E-state index is 0.108. The van der Waals surface area contributed by atoms with Crippen LogP contribution in [-0.2, 0) is 7.05 Å². The highest BCUT2D eigenvalue weighted by molar-refractivity contribution is 5.77. The van der Waals surface area contributed by atoms with Crippen LogP contribution in [0.3, 0.4) is 0 Å². The zero-order valence-electron chi connectivity index (χ0n) is 11.2. The fraction of sp³-hybridized carbons (Fsp3) is 0.0588. The van der Waals surface area contributed by atoms with Crippen molar-refractivity contribution in [2.75, 3.05) is 0 Å². The summed E-state index contributed by atoms with van der Waals surface area (Å²) < 4.78 is 1.64. The molecule has 0 aliphatic rings. The van der Waals surface area contributed by atoms with Crippen LogP contribution in [-0.4, -0.2) is 9.55 Å². The van der Waals surface area contributed by atoms with Crippen molar-refractivity contribution in [3.8, 4) is 22.5 Å². The van der Waals surface area contributed by atoms with Gasteiger partial charge in [0.2, 0.25) is 0 Å². The van der Waals surface area contributed by atoms with Crippen LogP contribution in [0.15, 0.2) is 71.7 Å². The first-order chi connectivity index (χ1) is 9.77. The SMILES string of the molecule is Cn1c(-c2ccccc2)c(-c2ccccc2)ncc1=O. The molecule has 0 saturated carbocycles. The van der Waals surface area contributed by atoms with Gasteiger partial charge in [-0.15, -0.1) is 0 Å². The molecule has 0 fully saturated rings. The van der Waals surface area contributed by atoms with E-state index in [0.29, 0.717) is 0 Å². The molecule has 3 heteroatoms. The summed E-state index contributed by atoms with van der Waals surface area (Å²) >= 11 is 0. The molecule has 0 unspecified atom stereocenters.